The van der Waals surface area contributed by atoms with Crippen molar-refractivity contribution in [3.8, 4) is 0 Å². The Morgan fingerprint density at radius 3 is 2.14 bits per heavy atom. The number of benzene rings is 3. The van der Waals surface area contributed by atoms with E-state index in [0.717, 1.165) is 5.56 Å². The van der Waals surface area contributed by atoms with Gasteiger partial charge in [0.15, 0.2) is 0 Å². The molecule has 0 saturated carbocycles. The highest BCUT2D eigenvalue weighted by molar-refractivity contribution is 7.92. The second kappa shape index (κ2) is 8.33. The summed E-state index contributed by atoms with van der Waals surface area (Å²) in [6, 6.07) is 19.3. The number of nitrogens with one attached hydrogen (secondary N) is 3. The van der Waals surface area contributed by atoms with Crippen molar-refractivity contribution in [1.82, 2.24) is 0 Å². The second-order valence-corrected chi connectivity index (χ2v) is 8.21. The van der Waals surface area contributed by atoms with Gasteiger partial charge in [-0.3, -0.25) is 4.72 Å². The zero-order valence-corrected chi connectivity index (χ0v) is 16.5. The molecule has 2 amide bonds. The number of aryl methyl sites for hydroxylation is 1. The topological polar surface area (TPSA) is 87.3 Å². The van der Waals surface area contributed by atoms with Crippen molar-refractivity contribution < 1.29 is 13.2 Å². The predicted octanol–water partition coefficient (Wildman–Crippen LogP) is 5.09. The highest BCUT2D eigenvalue weighted by atomic mass is 35.5. The lowest BCUT2D eigenvalue weighted by Crippen LogP contribution is -2.19. The van der Waals surface area contributed by atoms with Crippen LogP contribution in [0.4, 0.5) is 21.9 Å². The molecule has 144 valence electrons. The Hall–Kier alpha value is -3.03. The first-order valence-electron chi connectivity index (χ1n) is 8.35. The molecule has 6 nitrogen and oxygen atoms in total. The van der Waals surface area contributed by atoms with Gasteiger partial charge in [0.25, 0.3) is 10.0 Å². The molecule has 0 heterocycles. The van der Waals surface area contributed by atoms with Crippen LogP contribution in [0.1, 0.15) is 5.56 Å². The van der Waals surface area contributed by atoms with E-state index in [4.69, 9.17) is 11.6 Å². The minimum absolute atomic E-state index is 0.0924. The van der Waals surface area contributed by atoms with E-state index in [9.17, 15) is 13.2 Å². The van der Waals surface area contributed by atoms with Gasteiger partial charge in [0.1, 0.15) is 0 Å². The Morgan fingerprint density at radius 1 is 0.821 bits per heavy atom. The Labute approximate surface area is 168 Å². The summed E-state index contributed by atoms with van der Waals surface area (Å²) in [5.41, 5.74) is 2.44. The fourth-order valence-electron chi connectivity index (χ4n) is 2.50. The number of carbonyl (C=O) groups is 1. The van der Waals surface area contributed by atoms with Gasteiger partial charge < -0.3 is 10.6 Å². The normalized spacial score (nSPS) is 10.9. The minimum atomic E-state index is -3.72. The van der Waals surface area contributed by atoms with Gasteiger partial charge in [-0.15, -0.1) is 0 Å². The summed E-state index contributed by atoms with van der Waals surface area (Å²) in [5.74, 6) is 0. The fraction of sp³-hybridized carbons (Fsp3) is 0.0500. The molecule has 0 spiro atoms. The van der Waals surface area contributed by atoms with Gasteiger partial charge in [-0.05, 0) is 67.1 Å². The standard InChI is InChI=1S/C20H18ClN3O3S/c1-14-4-2-7-18(12-14)24-28(26,27)19-10-8-16(9-11-19)22-20(25)23-17-6-3-5-15(21)13-17/h2-13,24H,1H3,(H2,22,23,25). The summed E-state index contributed by atoms with van der Waals surface area (Å²) < 4.78 is 27.5. The largest absolute Gasteiger partial charge is 0.323 e. The van der Waals surface area contributed by atoms with Crippen LogP contribution in [-0.4, -0.2) is 14.4 Å². The van der Waals surface area contributed by atoms with Crippen molar-refractivity contribution in [3.05, 3.63) is 83.4 Å². The van der Waals surface area contributed by atoms with Gasteiger partial charge in [0.2, 0.25) is 0 Å². The second-order valence-electron chi connectivity index (χ2n) is 6.09. The third kappa shape index (κ3) is 5.25. The third-order valence-corrected chi connectivity index (χ3v) is 5.41. The van der Waals surface area contributed by atoms with Crippen molar-refractivity contribution in [1.29, 1.82) is 0 Å². The molecule has 0 aliphatic carbocycles. The van der Waals surface area contributed by atoms with Crippen LogP contribution in [0.15, 0.2) is 77.7 Å². The first-order chi connectivity index (χ1) is 13.3. The summed E-state index contributed by atoms with van der Waals surface area (Å²) in [6.45, 7) is 1.88. The number of halogens is 1. The highest BCUT2D eigenvalue weighted by Crippen LogP contribution is 2.20. The molecular weight excluding hydrogens is 398 g/mol. The molecular formula is C20H18ClN3O3S. The molecule has 8 heteroatoms. The summed E-state index contributed by atoms with van der Waals surface area (Å²) in [7, 11) is -3.72. The number of rotatable bonds is 5. The zero-order chi connectivity index (χ0) is 20.1. The average molecular weight is 416 g/mol. The van der Waals surface area contributed by atoms with E-state index in [1.165, 1.54) is 24.3 Å². The molecule has 0 aromatic heterocycles. The highest BCUT2D eigenvalue weighted by Gasteiger charge is 2.14. The molecule has 0 unspecified atom stereocenters. The lowest BCUT2D eigenvalue weighted by Gasteiger charge is -2.10. The van der Waals surface area contributed by atoms with Gasteiger partial charge in [-0.1, -0.05) is 29.8 Å². The Bertz CT molecular complexity index is 1100. The average Bonchev–Trinajstić information content (AvgIpc) is 2.61. The van der Waals surface area contributed by atoms with E-state index in [1.807, 2.05) is 13.0 Å². The number of urea groups is 1. The van der Waals surface area contributed by atoms with E-state index >= 15 is 0 Å². The molecule has 0 aliphatic rings. The van der Waals surface area contributed by atoms with Gasteiger partial charge in [-0.25, -0.2) is 13.2 Å². The molecule has 0 saturated heterocycles. The van der Waals surface area contributed by atoms with Crippen LogP contribution >= 0.6 is 11.6 Å². The predicted molar refractivity (Wildman–Crippen MR) is 113 cm³/mol. The van der Waals surface area contributed by atoms with Gasteiger partial charge in [-0.2, -0.15) is 0 Å². The summed E-state index contributed by atoms with van der Waals surface area (Å²) in [5, 5.41) is 5.79. The fourth-order valence-corrected chi connectivity index (χ4v) is 3.74. The maximum Gasteiger partial charge on any atom is 0.323 e. The molecule has 0 atom stereocenters. The molecule has 3 rings (SSSR count). The lowest BCUT2D eigenvalue weighted by atomic mass is 10.2. The summed E-state index contributed by atoms with van der Waals surface area (Å²) in [6.07, 6.45) is 0. The lowest BCUT2D eigenvalue weighted by molar-refractivity contribution is 0.262. The number of hydrogen-bond acceptors (Lipinski definition) is 3. The van der Waals surface area contributed by atoms with Crippen LogP contribution in [-0.2, 0) is 10.0 Å². The van der Waals surface area contributed by atoms with Crippen molar-refractivity contribution in [3.63, 3.8) is 0 Å². The summed E-state index contributed by atoms with van der Waals surface area (Å²) >= 11 is 5.88. The number of sulfonamides is 1. The molecule has 0 radical (unpaired) electrons. The van der Waals surface area contributed by atoms with Crippen LogP contribution in [0.25, 0.3) is 0 Å². The molecule has 0 aliphatic heterocycles. The molecule has 3 aromatic rings. The van der Waals surface area contributed by atoms with E-state index in [-0.39, 0.29) is 4.90 Å². The van der Waals surface area contributed by atoms with Crippen molar-refractivity contribution in [2.24, 2.45) is 0 Å². The van der Waals surface area contributed by atoms with E-state index < -0.39 is 16.1 Å². The molecule has 0 bridgehead atoms. The molecule has 28 heavy (non-hydrogen) atoms. The smallest absolute Gasteiger partial charge is 0.308 e. The zero-order valence-electron chi connectivity index (χ0n) is 14.9. The summed E-state index contributed by atoms with van der Waals surface area (Å²) in [4.78, 5) is 12.1. The number of anilines is 3. The van der Waals surface area contributed by atoms with Crippen LogP contribution < -0.4 is 15.4 Å². The van der Waals surface area contributed by atoms with Crippen molar-refractivity contribution in [2.75, 3.05) is 15.4 Å². The number of carbonyl (C=O) groups excluding carboxylic acids is 1. The van der Waals surface area contributed by atoms with Gasteiger partial charge in [0, 0.05) is 22.1 Å². The van der Waals surface area contributed by atoms with Crippen LogP contribution in [0.3, 0.4) is 0 Å². The van der Waals surface area contributed by atoms with Gasteiger partial charge >= 0.3 is 6.03 Å². The van der Waals surface area contributed by atoms with E-state index in [2.05, 4.69) is 15.4 Å². The van der Waals surface area contributed by atoms with Crippen LogP contribution in [0, 0.1) is 6.92 Å². The Kier molecular flexibility index (Phi) is 5.87. The van der Waals surface area contributed by atoms with Crippen LogP contribution in [0.5, 0.6) is 0 Å². The van der Waals surface area contributed by atoms with Crippen molar-refractivity contribution >= 4 is 44.7 Å². The third-order valence-electron chi connectivity index (χ3n) is 3.78. The maximum atomic E-state index is 12.5. The SMILES string of the molecule is Cc1cccc(NS(=O)(=O)c2ccc(NC(=O)Nc3cccc(Cl)c3)cc2)c1. The Balaban J connectivity index is 1.66. The molecule has 3 aromatic carbocycles. The molecule has 3 N–H and O–H groups in total. The van der Waals surface area contributed by atoms with Crippen LogP contribution in [0.2, 0.25) is 5.02 Å². The number of amides is 2. The monoisotopic (exact) mass is 415 g/mol. The molecule has 0 fully saturated rings. The first kappa shape index (κ1) is 19.7. The van der Waals surface area contributed by atoms with E-state index in [0.29, 0.717) is 22.1 Å². The first-order valence-corrected chi connectivity index (χ1v) is 10.2. The van der Waals surface area contributed by atoms with Crippen molar-refractivity contribution in [2.45, 2.75) is 11.8 Å². The minimum Gasteiger partial charge on any atom is -0.308 e. The quantitative estimate of drug-likeness (QED) is 0.542. The number of hydrogen-bond donors (Lipinski definition) is 3. The van der Waals surface area contributed by atoms with E-state index in [1.54, 1.807) is 42.5 Å². The van der Waals surface area contributed by atoms with Gasteiger partial charge in [0.05, 0.1) is 4.90 Å². The Morgan fingerprint density at radius 2 is 1.46 bits per heavy atom. The maximum absolute atomic E-state index is 12.5.